The highest BCUT2D eigenvalue weighted by Crippen LogP contribution is 2.18. The first-order chi connectivity index (χ1) is 7.33. The summed E-state index contributed by atoms with van der Waals surface area (Å²) in [4.78, 5) is 4.23. The summed E-state index contributed by atoms with van der Waals surface area (Å²) in [5.74, 6) is 0.671. The third-order valence-corrected chi connectivity index (χ3v) is 2.50. The number of rotatable bonds is 2. The lowest BCUT2D eigenvalue weighted by atomic mass is 10.2. The SMILES string of the molecule is Cc1cc2c(OC3CNC3)nccn2n1. The van der Waals surface area contributed by atoms with Gasteiger partial charge in [-0.3, -0.25) is 0 Å². The van der Waals surface area contributed by atoms with E-state index in [-0.39, 0.29) is 6.10 Å². The van der Waals surface area contributed by atoms with Crippen LogP contribution < -0.4 is 10.1 Å². The molecule has 0 aromatic carbocycles. The van der Waals surface area contributed by atoms with Crippen LogP contribution in [0.5, 0.6) is 5.88 Å². The molecule has 5 nitrogen and oxygen atoms in total. The second kappa shape index (κ2) is 3.20. The second-order valence-corrected chi connectivity index (χ2v) is 3.75. The van der Waals surface area contributed by atoms with Gasteiger partial charge in [-0.15, -0.1) is 0 Å². The molecule has 0 bridgehead atoms. The average molecular weight is 204 g/mol. The van der Waals surface area contributed by atoms with Crippen LogP contribution in [0, 0.1) is 6.92 Å². The fourth-order valence-electron chi connectivity index (χ4n) is 1.61. The summed E-state index contributed by atoms with van der Waals surface area (Å²) in [5, 5.41) is 7.47. The third kappa shape index (κ3) is 1.45. The molecule has 5 heteroatoms. The van der Waals surface area contributed by atoms with Crippen LogP contribution in [0.1, 0.15) is 5.69 Å². The standard InChI is InChI=1S/C10H12N4O/c1-7-4-9-10(15-8-5-11-6-8)12-2-3-14(9)13-7/h2-4,8,11H,5-6H2,1H3. The van der Waals surface area contributed by atoms with Gasteiger partial charge in [-0.25, -0.2) is 9.50 Å². The molecule has 2 aromatic rings. The van der Waals surface area contributed by atoms with Gasteiger partial charge in [0.2, 0.25) is 5.88 Å². The summed E-state index contributed by atoms with van der Waals surface area (Å²) < 4.78 is 7.54. The van der Waals surface area contributed by atoms with Gasteiger partial charge in [-0.2, -0.15) is 5.10 Å². The normalized spacial score (nSPS) is 16.6. The van der Waals surface area contributed by atoms with E-state index in [4.69, 9.17) is 4.74 Å². The maximum Gasteiger partial charge on any atom is 0.240 e. The molecule has 0 aliphatic carbocycles. The van der Waals surface area contributed by atoms with Crippen LogP contribution in [0.15, 0.2) is 18.5 Å². The quantitative estimate of drug-likeness (QED) is 0.768. The Morgan fingerprint density at radius 3 is 3.13 bits per heavy atom. The lowest BCUT2D eigenvalue weighted by Crippen LogP contribution is -2.50. The van der Waals surface area contributed by atoms with E-state index < -0.39 is 0 Å². The number of aryl methyl sites for hydroxylation is 1. The van der Waals surface area contributed by atoms with E-state index in [1.54, 1.807) is 10.7 Å². The van der Waals surface area contributed by atoms with Crippen molar-refractivity contribution in [3.05, 3.63) is 24.2 Å². The van der Waals surface area contributed by atoms with Gasteiger partial charge in [-0.1, -0.05) is 0 Å². The Balaban J connectivity index is 2.00. The van der Waals surface area contributed by atoms with Crippen molar-refractivity contribution in [1.82, 2.24) is 19.9 Å². The lowest BCUT2D eigenvalue weighted by Gasteiger charge is -2.27. The average Bonchev–Trinajstić information content (AvgIpc) is 2.52. The summed E-state index contributed by atoms with van der Waals surface area (Å²) in [6.07, 6.45) is 3.79. The molecule has 0 atom stereocenters. The summed E-state index contributed by atoms with van der Waals surface area (Å²) in [7, 11) is 0. The number of fused-ring (bicyclic) bond motifs is 1. The Labute approximate surface area is 87.1 Å². The Bertz CT molecular complexity index is 489. The van der Waals surface area contributed by atoms with Gasteiger partial charge < -0.3 is 10.1 Å². The number of nitrogens with zero attached hydrogens (tertiary/aromatic N) is 3. The maximum atomic E-state index is 5.74. The first-order valence-electron chi connectivity index (χ1n) is 5.01. The Hall–Kier alpha value is -1.62. The minimum absolute atomic E-state index is 0.249. The lowest BCUT2D eigenvalue weighted by molar-refractivity contribution is 0.137. The zero-order valence-electron chi connectivity index (χ0n) is 8.47. The van der Waals surface area contributed by atoms with E-state index in [0.29, 0.717) is 5.88 Å². The summed E-state index contributed by atoms with van der Waals surface area (Å²) in [6, 6.07) is 1.98. The van der Waals surface area contributed by atoms with Crippen LogP contribution in [0.25, 0.3) is 5.52 Å². The highest BCUT2D eigenvalue weighted by Gasteiger charge is 2.20. The predicted octanol–water partition coefficient (Wildman–Crippen LogP) is 0.388. The summed E-state index contributed by atoms with van der Waals surface area (Å²) >= 11 is 0. The summed E-state index contributed by atoms with van der Waals surface area (Å²) in [6.45, 7) is 3.76. The zero-order chi connectivity index (χ0) is 10.3. The molecular weight excluding hydrogens is 192 g/mol. The van der Waals surface area contributed by atoms with E-state index in [1.807, 2.05) is 19.2 Å². The molecule has 0 radical (unpaired) electrons. The Morgan fingerprint density at radius 1 is 1.53 bits per heavy atom. The van der Waals surface area contributed by atoms with E-state index >= 15 is 0 Å². The molecule has 2 aromatic heterocycles. The van der Waals surface area contributed by atoms with Gasteiger partial charge >= 0.3 is 0 Å². The van der Waals surface area contributed by atoms with E-state index in [1.165, 1.54) is 0 Å². The minimum Gasteiger partial charge on any atom is -0.470 e. The number of nitrogens with one attached hydrogen (secondary N) is 1. The van der Waals surface area contributed by atoms with Crippen molar-refractivity contribution in [2.45, 2.75) is 13.0 Å². The fraction of sp³-hybridized carbons (Fsp3) is 0.400. The first-order valence-corrected chi connectivity index (χ1v) is 5.01. The molecule has 15 heavy (non-hydrogen) atoms. The van der Waals surface area contributed by atoms with Crippen LogP contribution in [0.4, 0.5) is 0 Å². The fourth-order valence-corrected chi connectivity index (χ4v) is 1.61. The van der Waals surface area contributed by atoms with Gasteiger partial charge in [0.15, 0.2) is 0 Å². The number of hydrogen-bond acceptors (Lipinski definition) is 4. The van der Waals surface area contributed by atoms with Crippen molar-refractivity contribution in [2.24, 2.45) is 0 Å². The van der Waals surface area contributed by atoms with Crippen molar-refractivity contribution < 1.29 is 4.74 Å². The van der Waals surface area contributed by atoms with Crippen LogP contribution in [0.3, 0.4) is 0 Å². The van der Waals surface area contributed by atoms with Crippen molar-refractivity contribution in [3.8, 4) is 5.88 Å². The van der Waals surface area contributed by atoms with Crippen LogP contribution >= 0.6 is 0 Å². The van der Waals surface area contributed by atoms with Crippen molar-refractivity contribution in [2.75, 3.05) is 13.1 Å². The molecule has 0 amide bonds. The molecule has 78 valence electrons. The molecule has 1 N–H and O–H groups in total. The Kier molecular flexibility index (Phi) is 1.85. The number of aromatic nitrogens is 3. The smallest absolute Gasteiger partial charge is 0.240 e. The highest BCUT2D eigenvalue weighted by molar-refractivity contribution is 5.56. The van der Waals surface area contributed by atoms with Gasteiger partial charge in [0.1, 0.15) is 11.6 Å². The molecule has 1 fully saturated rings. The molecule has 1 aliphatic heterocycles. The molecule has 0 unspecified atom stereocenters. The van der Waals surface area contributed by atoms with E-state index in [9.17, 15) is 0 Å². The van der Waals surface area contributed by atoms with E-state index in [0.717, 1.165) is 24.3 Å². The monoisotopic (exact) mass is 204 g/mol. The van der Waals surface area contributed by atoms with Gasteiger partial charge in [-0.05, 0) is 13.0 Å². The topological polar surface area (TPSA) is 51.5 Å². The predicted molar refractivity (Wildman–Crippen MR) is 55.0 cm³/mol. The van der Waals surface area contributed by atoms with Gasteiger partial charge in [0, 0.05) is 25.5 Å². The van der Waals surface area contributed by atoms with Crippen LogP contribution in [-0.2, 0) is 0 Å². The largest absolute Gasteiger partial charge is 0.470 e. The number of ether oxygens (including phenoxy) is 1. The molecule has 0 saturated carbocycles. The molecule has 3 heterocycles. The van der Waals surface area contributed by atoms with Gasteiger partial charge in [0.25, 0.3) is 0 Å². The second-order valence-electron chi connectivity index (χ2n) is 3.75. The maximum absolute atomic E-state index is 5.74. The minimum atomic E-state index is 0.249. The van der Waals surface area contributed by atoms with Gasteiger partial charge in [0.05, 0.1) is 5.69 Å². The molecule has 3 rings (SSSR count). The summed E-state index contributed by atoms with van der Waals surface area (Å²) in [5.41, 5.74) is 1.90. The molecular formula is C10H12N4O. The van der Waals surface area contributed by atoms with Crippen molar-refractivity contribution in [1.29, 1.82) is 0 Å². The third-order valence-electron chi connectivity index (χ3n) is 2.50. The van der Waals surface area contributed by atoms with Crippen molar-refractivity contribution >= 4 is 5.52 Å². The zero-order valence-corrected chi connectivity index (χ0v) is 8.47. The van der Waals surface area contributed by atoms with Crippen LogP contribution in [0.2, 0.25) is 0 Å². The highest BCUT2D eigenvalue weighted by atomic mass is 16.5. The molecule has 1 saturated heterocycles. The first kappa shape index (κ1) is 8.67. The van der Waals surface area contributed by atoms with Crippen molar-refractivity contribution in [3.63, 3.8) is 0 Å². The Morgan fingerprint density at radius 2 is 2.40 bits per heavy atom. The van der Waals surface area contributed by atoms with Crippen LogP contribution in [-0.4, -0.2) is 33.8 Å². The van der Waals surface area contributed by atoms with E-state index in [2.05, 4.69) is 15.4 Å². The molecule has 1 aliphatic rings. The molecule has 0 spiro atoms. The number of hydrogen-bond donors (Lipinski definition) is 1.